The van der Waals surface area contributed by atoms with Crippen LogP contribution in [-0.2, 0) is 16.0 Å². The van der Waals surface area contributed by atoms with Gasteiger partial charge in [-0.05, 0) is 37.3 Å². The average molecular weight is 341 g/mol. The molecule has 1 aliphatic rings. The molecule has 1 aliphatic heterocycles. The van der Waals surface area contributed by atoms with Crippen molar-refractivity contribution in [3.05, 3.63) is 41.1 Å². The topological polar surface area (TPSA) is 93.4 Å². The van der Waals surface area contributed by atoms with E-state index >= 15 is 0 Å². The first-order valence-corrected chi connectivity index (χ1v) is 8.45. The summed E-state index contributed by atoms with van der Waals surface area (Å²) in [6, 6.07) is 7.91. The van der Waals surface area contributed by atoms with E-state index in [1.165, 1.54) is 6.20 Å². The maximum Gasteiger partial charge on any atom is 0.306 e. The minimum absolute atomic E-state index is 0.0269. The minimum Gasteiger partial charge on any atom is -0.481 e. The Morgan fingerprint density at radius 1 is 1.40 bits per heavy atom. The molecule has 132 valence electrons. The number of amides is 1. The summed E-state index contributed by atoms with van der Waals surface area (Å²) in [4.78, 5) is 25.1. The number of hydrogen-bond donors (Lipinski definition) is 2. The smallest absolute Gasteiger partial charge is 0.306 e. The van der Waals surface area contributed by atoms with E-state index in [4.69, 9.17) is 5.11 Å². The lowest BCUT2D eigenvalue weighted by Gasteiger charge is -2.29. The van der Waals surface area contributed by atoms with Crippen LogP contribution in [0.3, 0.4) is 0 Å². The summed E-state index contributed by atoms with van der Waals surface area (Å²) in [6.07, 6.45) is 3.14. The number of carboxylic acids is 1. The van der Waals surface area contributed by atoms with Gasteiger partial charge in [-0.1, -0.05) is 25.1 Å². The Hall–Kier alpha value is -2.81. The second kappa shape index (κ2) is 8.34. The second-order valence-corrected chi connectivity index (χ2v) is 6.18. The number of anilines is 1. The van der Waals surface area contributed by atoms with Gasteiger partial charge in [0.1, 0.15) is 11.6 Å². The molecule has 0 aliphatic carbocycles. The van der Waals surface area contributed by atoms with Crippen molar-refractivity contribution in [3.63, 3.8) is 0 Å². The molecule has 0 unspecified atom stereocenters. The summed E-state index contributed by atoms with van der Waals surface area (Å²) in [5.41, 5.74) is 3.10. The molecule has 2 N–H and O–H groups in total. The Balaban J connectivity index is 2.10. The lowest BCUT2D eigenvalue weighted by molar-refractivity contribution is -0.145. The van der Waals surface area contributed by atoms with Crippen LogP contribution in [0.5, 0.6) is 0 Å². The van der Waals surface area contributed by atoms with Gasteiger partial charge >= 0.3 is 5.97 Å². The summed E-state index contributed by atoms with van der Waals surface area (Å²) in [5, 5.41) is 21.5. The summed E-state index contributed by atoms with van der Waals surface area (Å²) in [7, 11) is 0. The van der Waals surface area contributed by atoms with Crippen LogP contribution in [0.25, 0.3) is 0 Å². The number of hydrogen-bond acceptors (Lipinski definition) is 4. The van der Waals surface area contributed by atoms with Crippen molar-refractivity contribution in [2.24, 2.45) is 5.92 Å². The van der Waals surface area contributed by atoms with E-state index < -0.39 is 11.9 Å². The van der Waals surface area contributed by atoms with Crippen LogP contribution < -0.4 is 5.32 Å². The highest BCUT2D eigenvalue weighted by molar-refractivity contribution is 5.97. The second-order valence-electron chi connectivity index (χ2n) is 6.18. The number of likely N-dealkylation sites (tertiary alicyclic amines) is 1. The molecule has 6 heteroatoms. The van der Waals surface area contributed by atoms with Crippen LogP contribution in [-0.4, -0.2) is 35.0 Å². The van der Waals surface area contributed by atoms with Crippen LogP contribution in [0.4, 0.5) is 5.69 Å². The molecule has 1 fully saturated rings. The standard InChI is InChI=1S/C19H23N3O3/c1-3-14-6-4-5-13(2)17(14)21-12-16(11-20)18(23)22-9-7-15(8-10-22)19(24)25/h4-6,12,15,21H,3,7-10H2,1-2H3,(H,24,25)/b16-12-. The van der Waals surface area contributed by atoms with Gasteiger partial charge in [-0.25, -0.2) is 0 Å². The van der Waals surface area contributed by atoms with Gasteiger partial charge in [0.2, 0.25) is 0 Å². The van der Waals surface area contributed by atoms with Crippen molar-refractivity contribution in [1.82, 2.24) is 4.90 Å². The van der Waals surface area contributed by atoms with E-state index in [0.29, 0.717) is 25.9 Å². The molecule has 0 bridgehead atoms. The van der Waals surface area contributed by atoms with Gasteiger partial charge in [0.25, 0.3) is 5.91 Å². The molecule has 0 aromatic heterocycles. The number of aliphatic carboxylic acids is 1. The highest BCUT2D eigenvalue weighted by atomic mass is 16.4. The van der Waals surface area contributed by atoms with E-state index in [2.05, 4.69) is 5.32 Å². The number of benzene rings is 1. The highest BCUT2D eigenvalue weighted by Crippen LogP contribution is 2.22. The number of nitriles is 1. The number of aryl methyl sites for hydroxylation is 2. The number of rotatable bonds is 5. The fourth-order valence-corrected chi connectivity index (χ4v) is 3.02. The molecule has 0 spiro atoms. The van der Waals surface area contributed by atoms with E-state index in [1.54, 1.807) is 4.90 Å². The van der Waals surface area contributed by atoms with Gasteiger partial charge < -0.3 is 15.3 Å². The van der Waals surface area contributed by atoms with Crippen LogP contribution in [0.1, 0.15) is 30.9 Å². The summed E-state index contributed by atoms with van der Waals surface area (Å²) in [6.45, 7) is 4.74. The molecule has 0 saturated carbocycles. The quantitative estimate of drug-likeness (QED) is 0.634. The van der Waals surface area contributed by atoms with Crippen LogP contribution >= 0.6 is 0 Å². The average Bonchev–Trinajstić information content (AvgIpc) is 2.63. The van der Waals surface area contributed by atoms with Gasteiger partial charge in [-0.2, -0.15) is 5.26 Å². The number of carbonyl (C=O) groups excluding carboxylic acids is 1. The first kappa shape index (κ1) is 18.5. The van der Waals surface area contributed by atoms with Crippen molar-refractivity contribution in [2.45, 2.75) is 33.1 Å². The Morgan fingerprint density at radius 3 is 2.64 bits per heavy atom. The first-order chi connectivity index (χ1) is 12.0. The highest BCUT2D eigenvalue weighted by Gasteiger charge is 2.28. The zero-order valence-corrected chi connectivity index (χ0v) is 14.6. The third kappa shape index (κ3) is 4.38. The Bertz CT molecular complexity index is 726. The molecule has 1 heterocycles. The number of para-hydroxylation sites is 1. The molecule has 0 radical (unpaired) electrons. The molecular formula is C19H23N3O3. The fraction of sp³-hybridized carbons (Fsp3) is 0.421. The predicted molar refractivity (Wildman–Crippen MR) is 94.8 cm³/mol. The molecule has 25 heavy (non-hydrogen) atoms. The van der Waals surface area contributed by atoms with Crippen molar-refractivity contribution in [2.75, 3.05) is 18.4 Å². The number of nitrogens with zero attached hydrogens (tertiary/aromatic N) is 2. The molecule has 2 rings (SSSR count). The third-order valence-corrected chi connectivity index (χ3v) is 4.58. The molecule has 1 aromatic carbocycles. The Morgan fingerprint density at radius 2 is 2.08 bits per heavy atom. The largest absolute Gasteiger partial charge is 0.481 e. The molecule has 0 atom stereocenters. The van der Waals surface area contributed by atoms with Gasteiger partial charge in [-0.15, -0.1) is 0 Å². The van der Waals surface area contributed by atoms with E-state index in [9.17, 15) is 14.9 Å². The fourth-order valence-electron chi connectivity index (χ4n) is 3.02. The molecule has 6 nitrogen and oxygen atoms in total. The van der Waals surface area contributed by atoms with Crippen molar-refractivity contribution < 1.29 is 14.7 Å². The SMILES string of the molecule is CCc1cccc(C)c1N/C=C(/C#N)C(=O)N1CCC(C(=O)O)CC1. The summed E-state index contributed by atoms with van der Waals surface area (Å²) >= 11 is 0. The van der Waals surface area contributed by atoms with Crippen LogP contribution in [0, 0.1) is 24.2 Å². The molecule has 1 saturated heterocycles. The van der Waals surface area contributed by atoms with E-state index in [0.717, 1.165) is 23.2 Å². The summed E-state index contributed by atoms with van der Waals surface area (Å²) in [5.74, 6) is -1.59. The molecule has 1 aromatic rings. The van der Waals surface area contributed by atoms with Gasteiger partial charge in [0.05, 0.1) is 5.92 Å². The lowest BCUT2D eigenvalue weighted by Crippen LogP contribution is -2.40. The van der Waals surface area contributed by atoms with Crippen LogP contribution in [0.2, 0.25) is 0 Å². The number of carbonyl (C=O) groups is 2. The number of nitrogens with one attached hydrogen (secondary N) is 1. The Kier molecular flexibility index (Phi) is 6.18. The van der Waals surface area contributed by atoms with Gasteiger partial charge in [0, 0.05) is 25.0 Å². The van der Waals surface area contributed by atoms with Crippen molar-refractivity contribution in [3.8, 4) is 6.07 Å². The van der Waals surface area contributed by atoms with E-state index in [-0.39, 0.29) is 11.5 Å². The summed E-state index contributed by atoms with van der Waals surface area (Å²) < 4.78 is 0. The number of carboxylic acid groups (broad SMARTS) is 1. The van der Waals surface area contributed by atoms with Crippen molar-refractivity contribution >= 4 is 17.6 Å². The van der Waals surface area contributed by atoms with Crippen molar-refractivity contribution in [1.29, 1.82) is 5.26 Å². The molecule has 1 amide bonds. The monoisotopic (exact) mass is 341 g/mol. The minimum atomic E-state index is -0.823. The normalized spacial score (nSPS) is 15.6. The number of piperidine rings is 1. The van der Waals surface area contributed by atoms with E-state index in [1.807, 2.05) is 38.1 Å². The Labute approximate surface area is 147 Å². The van der Waals surface area contributed by atoms with Gasteiger partial charge in [-0.3, -0.25) is 9.59 Å². The lowest BCUT2D eigenvalue weighted by atomic mass is 9.97. The predicted octanol–water partition coefficient (Wildman–Crippen LogP) is 2.70. The zero-order valence-electron chi connectivity index (χ0n) is 14.6. The first-order valence-electron chi connectivity index (χ1n) is 8.45. The molecular weight excluding hydrogens is 318 g/mol. The maximum atomic E-state index is 12.5. The van der Waals surface area contributed by atoms with Gasteiger partial charge in [0.15, 0.2) is 0 Å². The maximum absolute atomic E-state index is 12.5. The zero-order chi connectivity index (χ0) is 18.4. The van der Waals surface area contributed by atoms with Crippen LogP contribution in [0.15, 0.2) is 30.0 Å². The third-order valence-electron chi connectivity index (χ3n) is 4.58.